The van der Waals surface area contributed by atoms with Gasteiger partial charge in [0.2, 0.25) is 6.19 Å². The number of hydrogen-bond acceptors (Lipinski definition) is 3. The van der Waals surface area contributed by atoms with Crippen LogP contribution in [0.5, 0.6) is 0 Å². The van der Waals surface area contributed by atoms with Gasteiger partial charge in [-0.2, -0.15) is 5.26 Å². The predicted molar refractivity (Wildman–Crippen MR) is 43.3 cm³/mol. The highest BCUT2D eigenvalue weighted by molar-refractivity contribution is 5.78. The van der Waals surface area contributed by atoms with Crippen LogP contribution in [0.4, 0.5) is 0 Å². The maximum atomic E-state index is 8.63. The molecular formula is C8H6N4. The lowest BCUT2D eigenvalue weighted by Gasteiger charge is -1.90. The van der Waals surface area contributed by atoms with Crippen molar-refractivity contribution in [1.82, 2.24) is 15.0 Å². The highest BCUT2D eigenvalue weighted by Gasteiger charge is 2.03. The summed E-state index contributed by atoms with van der Waals surface area (Å²) < 4.78 is 1.21. The first-order chi connectivity index (χ1) is 5.83. The number of hydrogen-bond donors (Lipinski definition) is 0. The van der Waals surface area contributed by atoms with Gasteiger partial charge in [0.1, 0.15) is 11.0 Å². The van der Waals surface area contributed by atoms with E-state index in [9.17, 15) is 0 Å². The van der Waals surface area contributed by atoms with Crippen LogP contribution in [0.25, 0.3) is 11.0 Å². The molecule has 0 amide bonds. The van der Waals surface area contributed by atoms with E-state index in [2.05, 4.69) is 10.3 Å². The maximum absolute atomic E-state index is 8.63. The SMILES string of the molecule is Cc1cccc2c1nnn2C#N. The molecule has 4 heteroatoms. The minimum Gasteiger partial charge on any atom is -0.170 e. The smallest absolute Gasteiger partial charge is 0.170 e. The molecule has 0 aliphatic rings. The number of rotatable bonds is 0. The predicted octanol–water partition coefficient (Wildman–Crippen LogP) is 1.07. The van der Waals surface area contributed by atoms with Crippen molar-refractivity contribution in [2.24, 2.45) is 0 Å². The molecule has 0 radical (unpaired) electrons. The lowest BCUT2D eigenvalue weighted by atomic mass is 10.2. The zero-order valence-corrected chi connectivity index (χ0v) is 6.52. The number of fused-ring (bicyclic) bond motifs is 1. The molecule has 0 unspecified atom stereocenters. The fourth-order valence-electron chi connectivity index (χ4n) is 1.16. The zero-order chi connectivity index (χ0) is 8.55. The summed E-state index contributed by atoms with van der Waals surface area (Å²) in [5, 5.41) is 16.2. The van der Waals surface area contributed by atoms with E-state index in [4.69, 9.17) is 5.26 Å². The number of aromatic nitrogens is 3. The summed E-state index contributed by atoms with van der Waals surface area (Å²) in [6, 6.07) is 5.65. The van der Waals surface area contributed by atoms with Crippen LogP contribution in [-0.4, -0.2) is 15.0 Å². The van der Waals surface area contributed by atoms with Gasteiger partial charge in [0.25, 0.3) is 0 Å². The molecule has 1 aromatic heterocycles. The third kappa shape index (κ3) is 0.768. The molecule has 58 valence electrons. The largest absolute Gasteiger partial charge is 0.208 e. The highest BCUT2D eigenvalue weighted by atomic mass is 15.4. The van der Waals surface area contributed by atoms with Crippen LogP contribution in [-0.2, 0) is 0 Å². The molecule has 0 N–H and O–H groups in total. The third-order valence-electron chi connectivity index (χ3n) is 1.77. The normalized spacial score (nSPS) is 10.0. The summed E-state index contributed by atoms with van der Waals surface area (Å²) in [5.74, 6) is 0. The van der Waals surface area contributed by atoms with Crippen molar-refractivity contribution in [3.05, 3.63) is 23.8 Å². The van der Waals surface area contributed by atoms with E-state index in [0.29, 0.717) is 0 Å². The van der Waals surface area contributed by atoms with Crippen LogP contribution in [0.2, 0.25) is 0 Å². The number of benzene rings is 1. The fourth-order valence-corrected chi connectivity index (χ4v) is 1.16. The summed E-state index contributed by atoms with van der Waals surface area (Å²) in [6.45, 7) is 1.94. The Bertz CT molecular complexity index is 463. The van der Waals surface area contributed by atoms with Crippen molar-refractivity contribution < 1.29 is 0 Å². The molecule has 0 aliphatic carbocycles. The van der Waals surface area contributed by atoms with E-state index >= 15 is 0 Å². The molecule has 2 aromatic rings. The van der Waals surface area contributed by atoms with Crippen LogP contribution in [0, 0.1) is 18.4 Å². The van der Waals surface area contributed by atoms with Gasteiger partial charge in [0.05, 0.1) is 0 Å². The molecule has 0 atom stereocenters. The summed E-state index contributed by atoms with van der Waals surface area (Å²) in [5.41, 5.74) is 2.59. The van der Waals surface area contributed by atoms with E-state index < -0.39 is 0 Å². The first-order valence-corrected chi connectivity index (χ1v) is 3.54. The minimum absolute atomic E-state index is 0.762. The number of nitrogens with zero attached hydrogens (tertiary/aromatic N) is 4. The average Bonchev–Trinajstić information content (AvgIpc) is 2.49. The van der Waals surface area contributed by atoms with Crippen LogP contribution in [0.3, 0.4) is 0 Å². The molecule has 0 aliphatic heterocycles. The minimum atomic E-state index is 0.762. The maximum Gasteiger partial charge on any atom is 0.208 e. The van der Waals surface area contributed by atoms with Gasteiger partial charge in [-0.3, -0.25) is 0 Å². The summed E-state index contributed by atoms with van der Waals surface area (Å²) in [4.78, 5) is 0. The average molecular weight is 158 g/mol. The van der Waals surface area contributed by atoms with Crippen molar-refractivity contribution in [3.8, 4) is 6.19 Å². The van der Waals surface area contributed by atoms with E-state index in [0.717, 1.165) is 16.6 Å². The van der Waals surface area contributed by atoms with Crippen molar-refractivity contribution in [2.75, 3.05) is 0 Å². The van der Waals surface area contributed by atoms with E-state index in [1.807, 2.05) is 31.3 Å². The van der Waals surface area contributed by atoms with Gasteiger partial charge in [-0.25, -0.2) is 0 Å². The molecule has 1 aromatic carbocycles. The van der Waals surface area contributed by atoms with Gasteiger partial charge in [-0.05, 0) is 18.6 Å². The molecular weight excluding hydrogens is 152 g/mol. The lowest BCUT2D eigenvalue weighted by molar-refractivity contribution is 0.836. The highest BCUT2D eigenvalue weighted by Crippen LogP contribution is 2.13. The van der Waals surface area contributed by atoms with E-state index in [1.165, 1.54) is 4.68 Å². The number of nitriles is 1. The topological polar surface area (TPSA) is 54.5 Å². The Kier molecular flexibility index (Phi) is 1.31. The van der Waals surface area contributed by atoms with Gasteiger partial charge in [-0.15, -0.1) is 9.78 Å². The Balaban J connectivity index is 2.91. The lowest BCUT2D eigenvalue weighted by Crippen LogP contribution is -1.89. The van der Waals surface area contributed by atoms with Crippen LogP contribution in [0.15, 0.2) is 18.2 Å². The quantitative estimate of drug-likeness (QED) is 0.576. The second kappa shape index (κ2) is 2.31. The molecule has 0 saturated carbocycles. The molecule has 0 spiro atoms. The summed E-state index contributed by atoms with van der Waals surface area (Å²) >= 11 is 0. The second-order valence-corrected chi connectivity index (χ2v) is 2.54. The Morgan fingerprint density at radius 2 is 2.33 bits per heavy atom. The zero-order valence-electron chi connectivity index (χ0n) is 6.52. The van der Waals surface area contributed by atoms with Crippen molar-refractivity contribution in [2.45, 2.75) is 6.92 Å². The van der Waals surface area contributed by atoms with Gasteiger partial charge in [0.15, 0.2) is 0 Å². The van der Waals surface area contributed by atoms with Crippen molar-refractivity contribution in [1.29, 1.82) is 5.26 Å². The molecule has 2 rings (SSSR count). The second-order valence-electron chi connectivity index (χ2n) is 2.54. The van der Waals surface area contributed by atoms with E-state index in [1.54, 1.807) is 0 Å². The fraction of sp³-hybridized carbons (Fsp3) is 0.125. The molecule has 0 saturated heterocycles. The van der Waals surface area contributed by atoms with Crippen molar-refractivity contribution >= 4 is 11.0 Å². The van der Waals surface area contributed by atoms with Crippen LogP contribution < -0.4 is 0 Å². The Hall–Kier alpha value is -1.89. The van der Waals surface area contributed by atoms with Gasteiger partial charge in [0, 0.05) is 0 Å². The summed E-state index contributed by atoms with van der Waals surface area (Å²) in [6.07, 6.45) is 1.92. The standard InChI is InChI=1S/C8H6N4/c1-6-3-2-4-7-8(6)10-11-12(7)5-9/h2-4H,1H3. The molecule has 0 fully saturated rings. The number of aryl methyl sites for hydroxylation is 1. The van der Waals surface area contributed by atoms with Crippen LogP contribution in [0.1, 0.15) is 5.56 Å². The van der Waals surface area contributed by atoms with Crippen molar-refractivity contribution in [3.63, 3.8) is 0 Å². The van der Waals surface area contributed by atoms with Gasteiger partial charge in [-0.1, -0.05) is 17.3 Å². The summed E-state index contributed by atoms with van der Waals surface area (Å²) in [7, 11) is 0. The first-order valence-electron chi connectivity index (χ1n) is 3.54. The first kappa shape index (κ1) is 6.80. The molecule has 12 heavy (non-hydrogen) atoms. The Morgan fingerprint density at radius 1 is 1.50 bits per heavy atom. The molecule has 0 bridgehead atoms. The third-order valence-corrected chi connectivity index (χ3v) is 1.77. The molecule has 1 heterocycles. The molecule has 4 nitrogen and oxygen atoms in total. The Labute approximate surface area is 69.0 Å². The Morgan fingerprint density at radius 3 is 3.08 bits per heavy atom. The van der Waals surface area contributed by atoms with E-state index in [-0.39, 0.29) is 0 Å². The van der Waals surface area contributed by atoms with Gasteiger partial charge < -0.3 is 0 Å². The van der Waals surface area contributed by atoms with Crippen LogP contribution >= 0.6 is 0 Å². The van der Waals surface area contributed by atoms with Gasteiger partial charge >= 0.3 is 0 Å². The monoisotopic (exact) mass is 158 g/mol.